The number of ether oxygens (including phenoxy) is 1. The summed E-state index contributed by atoms with van der Waals surface area (Å²) in [5.74, 6) is -0.664. The highest BCUT2D eigenvalue weighted by Crippen LogP contribution is 2.15. The predicted octanol–water partition coefficient (Wildman–Crippen LogP) is 2.98. The first kappa shape index (κ1) is 15.1. The van der Waals surface area contributed by atoms with Gasteiger partial charge in [-0.25, -0.2) is 4.39 Å². The van der Waals surface area contributed by atoms with Gasteiger partial charge >= 0.3 is 0 Å². The lowest BCUT2D eigenvalue weighted by atomic mass is 10.2. The van der Waals surface area contributed by atoms with E-state index in [4.69, 9.17) is 4.74 Å². The van der Waals surface area contributed by atoms with Gasteiger partial charge in [-0.05, 0) is 29.7 Å². The summed E-state index contributed by atoms with van der Waals surface area (Å²) in [4.78, 5) is 11.8. The lowest BCUT2D eigenvalue weighted by Gasteiger charge is -2.09. The second-order valence-corrected chi connectivity index (χ2v) is 5.14. The second kappa shape index (κ2) is 6.96. The van der Waals surface area contributed by atoms with Crippen LogP contribution in [0.3, 0.4) is 0 Å². The summed E-state index contributed by atoms with van der Waals surface area (Å²) in [6.45, 7) is 0.949. The minimum absolute atomic E-state index is 0.0825. The highest BCUT2D eigenvalue weighted by molar-refractivity contribution is 5.80. The molecular weight excluding hydrogens is 295 g/mol. The molecule has 0 aliphatic rings. The maximum absolute atomic E-state index is 13.4. The van der Waals surface area contributed by atoms with E-state index in [-0.39, 0.29) is 18.3 Å². The van der Waals surface area contributed by atoms with Gasteiger partial charge in [0.25, 0.3) is 5.91 Å². The molecule has 3 rings (SSSR count). The summed E-state index contributed by atoms with van der Waals surface area (Å²) in [7, 11) is 0. The van der Waals surface area contributed by atoms with Gasteiger partial charge in [-0.2, -0.15) is 0 Å². The Kier molecular flexibility index (Phi) is 4.57. The molecule has 3 aromatic rings. The van der Waals surface area contributed by atoms with Crippen molar-refractivity contribution >= 4 is 16.8 Å². The number of halogens is 1. The zero-order valence-corrected chi connectivity index (χ0v) is 12.5. The molecule has 2 aromatic carbocycles. The number of nitrogens with zero attached hydrogens (tertiary/aromatic N) is 1. The summed E-state index contributed by atoms with van der Waals surface area (Å²) < 4.78 is 20.6. The molecule has 0 unspecified atom stereocenters. The van der Waals surface area contributed by atoms with Gasteiger partial charge in [-0.1, -0.05) is 30.3 Å². The van der Waals surface area contributed by atoms with E-state index < -0.39 is 5.82 Å². The van der Waals surface area contributed by atoms with Crippen molar-refractivity contribution < 1.29 is 13.9 Å². The first-order valence-electron chi connectivity index (χ1n) is 7.42. The Balaban J connectivity index is 1.47. The van der Waals surface area contributed by atoms with E-state index in [9.17, 15) is 9.18 Å². The second-order valence-electron chi connectivity index (χ2n) is 5.14. The molecule has 23 heavy (non-hydrogen) atoms. The van der Waals surface area contributed by atoms with Crippen LogP contribution in [-0.2, 0) is 11.3 Å². The lowest BCUT2D eigenvalue weighted by molar-refractivity contribution is -0.123. The number of amides is 1. The van der Waals surface area contributed by atoms with Gasteiger partial charge in [0.1, 0.15) is 0 Å². The number of fused-ring (bicyclic) bond motifs is 1. The molecule has 5 heteroatoms. The van der Waals surface area contributed by atoms with Crippen molar-refractivity contribution in [1.82, 2.24) is 9.88 Å². The number of nitrogens with one attached hydrogen (secondary N) is 1. The fraction of sp³-hybridized carbons (Fsp3) is 0.167. The summed E-state index contributed by atoms with van der Waals surface area (Å²) >= 11 is 0. The Morgan fingerprint density at radius 1 is 1.09 bits per heavy atom. The third kappa shape index (κ3) is 3.69. The van der Waals surface area contributed by atoms with Crippen molar-refractivity contribution in [2.24, 2.45) is 0 Å². The van der Waals surface area contributed by atoms with Gasteiger partial charge in [-0.15, -0.1) is 0 Å². The van der Waals surface area contributed by atoms with Crippen molar-refractivity contribution in [3.63, 3.8) is 0 Å². The minimum atomic E-state index is -0.473. The molecular formula is C18H17FN2O2. The average molecular weight is 312 g/mol. The lowest BCUT2D eigenvalue weighted by Crippen LogP contribution is -2.31. The van der Waals surface area contributed by atoms with Gasteiger partial charge in [0, 0.05) is 24.8 Å². The highest BCUT2D eigenvalue weighted by Gasteiger charge is 2.06. The molecule has 1 heterocycles. The largest absolute Gasteiger partial charge is 0.481 e. The fourth-order valence-electron chi connectivity index (χ4n) is 2.41. The Hall–Kier alpha value is -2.82. The first-order valence-corrected chi connectivity index (χ1v) is 7.42. The van der Waals surface area contributed by atoms with E-state index in [1.807, 2.05) is 36.5 Å². The van der Waals surface area contributed by atoms with E-state index in [1.165, 1.54) is 17.5 Å². The van der Waals surface area contributed by atoms with Crippen LogP contribution in [0, 0.1) is 5.82 Å². The Morgan fingerprint density at radius 2 is 1.87 bits per heavy atom. The third-order valence-electron chi connectivity index (χ3n) is 3.55. The quantitative estimate of drug-likeness (QED) is 0.760. The number of para-hydroxylation sites is 2. The molecule has 0 aliphatic heterocycles. The third-order valence-corrected chi connectivity index (χ3v) is 3.55. The molecule has 0 spiro atoms. The number of carbonyl (C=O) groups excluding carboxylic acids is 1. The normalized spacial score (nSPS) is 10.7. The maximum Gasteiger partial charge on any atom is 0.258 e. The van der Waals surface area contributed by atoms with Crippen LogP contribution >= 0.6 is 0 Å². The molecule has 0 saturated heterocycles. The van der Waals surface area contributed by atoms with E-state index in [0.29, 0.717) is 13.1 Å². The summed E-state index contributed by atoms with van der Waals surface area (Å²) in [6, 6.07) is 16.1. The number of hydrogen-bond acceptors (Lipinski definition) is 2. The summed E-state index contributed by atoms with van der Waals surface area (Å²) in [5, 5.41) is 3.94. The van der Waals surface area contributed by atoms with Crippen molar-refractivity contribution in [2.45, 2.75) is 6.54 Å². The monoisotopic (exact) mass is 312 g/mol. The minimum Gasteiger partial charge on any atom is -0.481 e. The van der Waals surface area contributed by atoms with Crippen LogP contribution in [0.25, 0.3) is 10.9 Å². The Labute approximate surface area is 133 Å². The zero-order chi connectivity index (χ0) is 16.1. The van der Waals surface area contributed by atoms with Crippen LogP contribution in [0.4, 0.5) is 4.39 Å². The molecule has 1 amide bonds. The molecule has 0 fully saturated rings. The van der Waals surface area contributed by atoms with Crippen LogP contribution < -0.4 is 10.1 Å². The van der Waals surface area contributed by atoms with Gasteiger partial charge in [0.15, 0.2) is 18.2 Å². The van der Waals surface area contributed by atoms with Crippen LogP contribution in [0.15, 0.2) is 60.8 Å². The Bertz CT molecular complexity index is 813. The maximum atomic E-state index is 13.4. The van der Waals surface area contributed by atoms with Gasteiger partial charge in [-0.3, -0.25) is 4.79 Å². The van der Waals surface area contributed by atoms with Crippen LogP contribution in [0.5, 0.6) is 5.75 Å². The number of rotatable bonds is 6. The smallest absolute Gasteiger partial charge is 0.258 e. The van der Waals surface area contributed by atoms with Crippen LogP contribution in [0.2, 0.25) is 0 Å². The molecule has 0 saturated carbocycles. The van der Waals surface area contributed by atoms with Crippen molar-refractivity contribution in [3.8, 4) is 5.75 Å². The van der Waals surface area contributed by atoms with E-state index in [2.05, 4.69) is 9.88 Å². The van der Waals surface area contributed by atoms with Crippen molar-refractivity contribution in [3.05, 3.63) is 66.6 Å². The number of benzene rings is 2. The van der Waals surface area contributed by atoms with Gasteiger partial charge in [0.2, 0.25) is 0 Å². The topological polar surface area (TPSA) is 43.3 Å². The molecule has 1 N–H and O–H groups in total. The van der Waals surface area contributed by atoms with Gasteiger partial charge < -0.3 is 14.6 Å². The van der Waals surface area contributed by atoms with Crippen molar-refractivity contribution in [2.75, 3.05) is 13.2 Å². The van der Waals surface area contributed by atoms with E-state index >= 15 is 0 Å². The number of carbonyl (C=O) groups is 1. The first-order chi connectivity index (χ1) is 11.2. The molecule has 1 aromatic heterocycles. The summed E-state index contributed by atoms with van der Waals surface area (Å²) in [5.41, 5.74) is 1.13. The number of aromatic nitrogens is 1. The fourth-order valence-corrected chi connectivity index (χ4v) is 2.41. The zero-order valence-electron chi connectivity index (χ0n) is 12.5. The van der Waals surface area contributed by atoms with Crippen LogP contribution in [0.1, 0.15) is 0 Å². The standard InChI is InChI=1S/C18H17FN2O2/c19-15-6-2-4-8-17(15)23-13-18(22)20-10-12-21-11-9-14-5-1-3-7-16(14)21/h1-9,11H,10,12-13H2,(H,20,22). The van der Waals surface area contributed by atoms with E-state index in [1.54, 1.807) is 12.1 Å². The molecule has 118 valence electrons. The van der Waals surface area contributed by atoms with E-state index in [0.717, 1.165) is 5.52 Å². The number of hydrogen-bond donors (Lipinski definition) is 1. The van der Waals surface area contributed by atoms with Crippen molar-refractivity contribution in [1.29, 1.82) is 0 Å². The predicted molar refractivity (Wildman–Crippen MR) is 86.8 cm³/mol. The Morgan fingerprint density at radius 3 is 2.74 bits per heavy atom. The molecule has 0 aliphatic carbocycles. The highest BCUT2D eigenvalue weighted by atomic mass is 19.1. The molecule has 0 atom stereocenters. The SMILES string of the molecule is O=C(COc1ccccc1F)NCCn1ccc2ccccc21. The van der Waals surface area contributed by atoms with Crippen LogP contribution in [-0.4, -0.2) is 23.6 Å². The molecule has 4 nitrogen and oxygen atoms in total. The average Bonchev–Trinajstić information content (AvgIpc) is 2.98. The molecule has 0 radical (unpaired) electrons. The molecule has 0 bridgehead atoms. The summed E-state index contributed by atoms with van der Waals surface area (Å²) in [6.07, 6.45) is 1.99. The van der Waals surface area contributed by atoms with Gasteiger partial charge in [0.05, 0.1) is 0 Å².